The number of nitriles is 2. The molecule has 0 aliphatic rings. The Labute approximate surface area is 89.2 Å². The van der Waals surface area contributed by atoms with Crippen LogP contribution in [0.5, 0.6) is 0 Å². The van der Waals surface area contributed by atoms with E-state index in [9.17, 15) is 8.78 Å². The number of benzene rings is 1. The zero-order chi connectivity index (χ0) is 12.3. The molecule has 0 unspecified atom stereocenters. The van der Waals surface area contributed by atoms with Gasteiger partial charge in [0, 0.05) is 0 Å². The van der Waals surface area contributed by atoms with Crippen LogP contribution in [0, 0.1) is 47.4 Å². The van der Waals surface area contributed by atoms with Crippen molar-refractivity contribution in [2.45, 2.75) is 0 Å². The lowest BCUT2D eigenvalue weighted by atomic mass is 10.1. The van der Waals surface area contributed by atoms with Gasteiger partial charge in [-0.3, -0.25) is 0 Å². The lowest BCUT2D eigenvalue weighted by Gasteiger charge is -2.03. The molecular weight excluding hydrogens is 214 g/mol. The third-order valence-electron chi connectivity index (χ3n) is 1.78. The van der Waals surface area contributed by atoms with E-state index in [1.807, 2.05) is 0 Å². The number of hydrogen-bond acceptors (Lipinski definition) is 2. The first kappa shape index (κ1) is 11.1. The molecule has 0 bridgehead atoms. The van der Waals surface area contributed by atoms with E-state index in [1.165, 1.54) is 12.1 Å². The molecule has 0 amide bonds. The van der Waals surface area contributed by atoms with Crippen LogP contribution in [0.4, 0.5) is 20.2 Å². The summed E-state index contributed by atoms with van der Waals surface area (Å²) in [5.74, 6) is -2.66. The molecule has 0 radical (unpaired) electrons. The van der Waals surface area contributed by atoms with Gasteiger partial charge in [-0.15, -0.1) is 0 Å². The van der Waals surface area contributed by atoms with Crippen LogP contribution < -0.4 is 0 Å². The average molecular weight is 214 g/mol. The molecule has 0 N–H and O–H groups in total. The van der Waals surface area contributed by atoms with Crippen molar-refractivity contribution in [3.05, 3.63) is 45.6 Å². The lowest BCUT2D eigenvalue weighted by molar-refractivity contribution is 0.603. The average Bonchev–Trinajstić information content (AvgIpc) is 2.30. The number of rotatable bonds is 0. The van der Waals surface area contributed by atoms with Gasteiger partial charge in [0.15, 0.2) is 0 Å². The molecule has 1 aromatic carbocycles. The molecule has 0 aromatic heterocycles. The van der Waals surface area contributed by atoms with Crippen molar-refractivity contribution in [3.63, 3.8) is 0 Å². The second kappa shape index (κ2) is 4.05. The second-order valence-electron chi connectivity index (χ2n) is 2.52. The summed E-state index contributed by atoms with van der Waals surface area (Å²) < 4.78 is 26.9. The molecule has 0 aliphatic heterocycles. The molecule has 0 saturated carbocycles. The topological polar surface area (TPSA) is 56.3 Å². The highest BCUT2D eigenvalue weighted by Crippen LogP contribution is 2.38. The molecule has 0 fully saturated rings. The van der Waals surface area contributed by atoms with E-state index in [1.54, 1.807) is 0 Å². The first-order chi connectivity index (χ1) is 7.62. The van der Waals surface area contributed by atoms with Crippen molar-refractivity contribution in [3.8, 4) is 12.1 Å². The van der Waals surface area contributed by atoms with Crippen molar-refractivity contribution < 1.29 is 8.78 Å². The molecule has 6 heteroatoms. The Kier molecular flexibility index (Phi) is 2.81. The van der Waals surface area contributed by atoms with Gasteiger partial charge >= 0.3 is 0 Å². The monoisotopic (exact) mass is 214 g/mol. The minimum absolute atomic E-state index is 0.849. The van der Waals surface area contributed by atoms with E-state index in [-0.39, 0.29) is 0 Å². The van der Waals surface area contributed by atoms with Crippen LogP contribution >= 0.6 is 0 Å². The standard InChI is InChI=1S/C10F2N4/c1-15-9-7(11)5(3-13)6(4-14)8(12)10(9)16-2. The molecule has 0 saturated heterocycles. The molecule has 0 heterocycles. The fraction of sp³-hybridized carbons (Fsp3) is 0. The summed E-state index contributed by atoms with van der Waals surface area (Å²) in [5, 5.41) is 17.1. The quantitative estimate of drug-likeness (QED) is 0.623. The van der Waals surface area contributed by atoms with Crippen molar-refractivity contribution in [2.75, 3.05) is 0 Å². The molecular formula is C10F2N4. The van der Waals surface area contributed by atoms with Crippen molar-refractivity contribution in [1.82, 2.24) is 0 Å². The Hall–Kier alpha value is -2.96. The fourth-order valence-electron chi connectivity index (χ4n) is 1.08. The van der Waals surface area contributed by atoms with Gasteiger partial charge in [0.05, 0.1) is 24.3 Å². The SMILES string of the molecule is [C-]#[N+]c1c(F)c(C#N)c(C#N)c(F)c1[N+]#[C-]. The van der Waals surface area contributed by atoms with Crippen LogP contribution in [0.3, 0.4) is 0 Å². The number of nitrogens with zero attached hydrogens (tertiary/aromatic N) is 4. The van der Waals surface area contributed by atoms with Gasteiger partial charge < -0.3 is 0 Å². The Morgan fingerprint density at radius 1 is 0.875 bits per heavy atom. The van der Waals surface area contributed by atoms with Crippen LogP contribution in [0.2, 0.25) is 0 Å². The number of halogens is 2. The van der Waals surface area contributed by atoms with Gasteiger partial charge in [-0.05, 0) is 0 Å². The zero-order valence-corrected chi connectivity index (χ0v) is 7.54. The second-order valence-corrected chi connectivity index (χ2v) is 2.52. The Balaban J connectivity index is 3.98. The highest BCUT2D eigenvalue weighted by molar-refractivity contribution is 5.77. The maximum absolute atomic E-state index is 13.5. The van der Waals surface area contributed by atoms with Crippen LogP contribution in [0.25, 0.3) is 9.69 Å². The summed E-state index contributed by atoms with van der Waals surface area (Å²) >= 11 is 0. The summed E-state index contributed by atoms with van der Waals surface area (Å²) in [4.78, 5) is 5.29. The fourth-order valence-corrected chi connectivity index (χ4v) is 1.08. The Morgan fingerprint density at radius 3 is 1.38 bits per heavy atom. The third kappa shape index (κ3) is 1.32. The van der Waals surface area contributed by atoms with Gasteiger partial charge in [0.1, 0.15) is 23.8 Å². The van der Waals surface area contributed by atoms with Gasteiger partial charge in [-0.25, -0.2) is 18.5 Å². The normalized spacial score (nSPS) is 8.38. The van der Waals surface area contributed by atoms with E-state index in [0.717, 1.165) is 0 Å². The smallest absolute Gasteiger partial charge is 0.233 e. The predicted octanol–water partition coefficient (Wildman–Crippen LogP) is 2.81. The number of hydrogen-bond donors (Lipinski definition) is 0. The summed E-state index contributed by atoms with van der Waals surface area (Å²) in [6.07, 6.45) is 0. The largest absolute Gasteiger partial charge is 0.247 e. The van der Waals surface area contributed by atoms with Gasteiger partial charge in [-0.1, -0.05) is 0 Å². The first-order valence-corrected chi connectivity index (χ1v) is 3.72. The van der Waals surface area contributed by atoms with Crippen molar-refractivity contribution in [1.29, 1.82) is 10.5 Å². The summed E-state index contributed by atoms with van der Waals surface area (Å²) in [7, 11) is 0. The highest BCUT2D eigenvalue weighted by atomic mass is 19.1. The summed E-state index contributed by atoms with van der Waals surface area (Å²) in [6, 6.07) is 2.60. The van der Waals surface area contributed by atoms with Crippen LogP contribution in [0.15, 0.2) is 0 Å². The van der Waals surface area contributed by atoms with E-state index in [4.69, 9.17) is 23.7 Å². The summed E-state index contributed by atoms with van der Waals surface area (Å²) in [6.45, 7) is 13.2. The molecule has 1 rings (SSSR count). The van der Waals surface area contributed by atoms with E-state index >= 15 is 0 Å². The third-order valence-corrected chi connectivity index (χ3v) is 1.78. The molecule has 1 aromatic rings. The van der Waals surface area contributed by atoms with E-state index in [0.29, 0.717) is 0 Å². The Bertz CT molecular complexity index is 525. The molecule has 16 heavy (non-hydrogen) atoms. The van der Waals surface area contributed by atoms with Crippen molar-refractivity contribution in [2.24, 2.45) is 0 Å². The van der Waals surface area contributed by atoms with Crippen LogP contribution in [-0.2, 0) is 0 Å². The molecule has 0 atom stereocenters. The first-order valence-electron chi connectivity index (χ1n) is 3.72. The molecule has 0 spiro atoms. The minimum atomic E-state index is -1.33. The summed E-state index contributed by atoms with van der Waals surface area (Å²) in [5.41, 5.74) is -3.44. The van der Waals surface area contributed by atoms with Crippen molar-refractivity contribution >= 4 is 11.4 Å². The maximum Gasteiger partial charge on any atom is 0.233 e. The van der Waals surface area contributed by atoms with Crippen LogP contribution in [-0.4, -0.2) is 0 Å². The molecule has 0 aliphatic carbocycles. The van der Waals surface area contributed by atoms with E-state index in [2.05, 4.69) is 9.69 Å². The van der Waals surface area contributed by atoms with Gasteiger partial charge in [0.25, 0.3) is 0 Å². The van der Waals surface area contributed by atoms with Gasteiger partial charge in [0.2, 0.25) is 11.4 Å². The predicted molar refractivity (Wildman–Crippen MR) is 48.3 cm³/mol. The highest BCUT2D eigenvalue weighted by Gasteiger charge is 2.24. The van der Waals surface area contributed by atoms with E-state index < -0.39 is 34.1 Å². The maximum atomic E-state index is 13.5. The lowest BCUT2D eigenvalue weighted by Crippen LogP contribution is -1.95. The van der Waals surface area contributed by atoms with Gasteiger partial charge in [-0.2, -0.15) is 10.5 Å². The van der Waals surface area contributed by atoms with Crippen LogP contribution in [0.1, 0.15) is 11.1 Å². The Morgan fingerprint density at radius 2 is 1.19 bits per heavy atom. The zero-order valence-electron chi connectivity index (χ0n) is 7.54. The molecule has 74 valence electrons. The molecule has 4 nitrogen and oxygen atoms in total. The minimum Gasteiger partial charge on any atom is -0.247 e.